The zero-order chi connectivity index (χ0) is 16.3. The fourth-order valence-electron chi connectivity index (χ4n) is 1.64. The zero-order valence-corrected chi connectivity index (χ0v) is 13.8. The van der Waals surface area contributed by atoms with Gasteiger partial charge in [0.05, 0.1) is 17.3 Å². The average molecular weight is 363 g/mol. The van der Waals surface area contributed by atoms with E-state index in [0.29, 0.717) is 0 Å². The molecule has 0 bridgehead atoms. The first-order chi connectivity index (χ1) is 10.3. The molecule has 0 aliphatic rings. The van der Waals surface area contributed by atoms with Crippen LogP contribution in [0.4, 0.5) is 10.1 Å². The van der Waals surface area contributed by atoms with Crippen LogP contribution in [-0.2, 0) is 14.8 Å². The molecular formula is C13H12ClFN2O3S2. The maximum Gasteiger partial charge on any atom is 0.252 e. The highest BCUT2D eigenvalue weighted by molar-refractivity contribution is 7.91. The van der Waals surface area contributed by atoms with E-state index < -0.39 is 28.3 Å². The van der Waals surface area contributed by atoms with Crippen molar-refractivity contribution in [2.24, 2.45) is 0 Å². The monoisotopic (exact) mass is 362 g/mol. The summed E-state index contributed by atoms with van der Waals surface area (Å²) in [6.45, 7) is -0.438. The standard InChI is InChI=1S/C13H12ClFN2O3S2/c1-17(22(19,20)12-6-3-7-21-12)8-11(18)16-10-5-2-4-9(14)13(10)15/h2-7H,8H2,1H3,(H,16,18). The van der Waals surface area contributed by atoms with Gasteiger partial charge in [-0.1, -0.05) is 23.7 Å². The molecule has 1 N–H and O–H groups in total. The first-order valence-corrected chi connectivity index (χ1v) is 8.76. The van der Waals surface area contributed by atoms with Gasteiger partial charge in [-0.3, -0.25) is 4.79 Å². The summed E-state index contributed by atoms with van der Waals surface area (Å²) in [6.07, 6.45) is 0. The third-order valence-electron chi connectivity index (χ3n) is 2.75. The van der Waals surface area contributed by atoms with E-state index in [0.717, 1.165) is 15.6 Å². The lowest BCUT2D eigenvalue weighted by Crippen LogP contribution is -2.34. The lowest BCUT2D eigenvalue weighted by Gasteiger charge is -2.16. The number of carbonyl (C=O) groups is 1. The number of hydrogen-bond donors (Lipinski definition) is 1. The fraction of sp³-hybridized carbons (Fsp3) is 0.154. The van der Waals surface area contributed by atoms with E-state index in [1.807, 2.05) is 0 Å². The van der Waals surface area contributed by atoms with Crippen LogP contribution in [-0.4, -0.2) is 32.2 Å². The van der Waals surface area contributed by atoms with Crippen molar-refractivity contribution in [1.29, 1.82) is 0 Å². The summed E-state index contributed by atoms with van der Waals surface area (Å²) in [5, 5.41) is 3.80. The molecule has 22 heavy (non-hydrogen) atoms. The van der Waals surface area contributed by atoms with Gasteiger partial charge in [0.25, 0.3) is 10.0 Å². The maximum atomic E-state index is 13.7. The van der Waals surface area contributed by atoms with E-state index in [9.17, 15) is 17.6 Å². The number of thiophene rings is 1. The van der Waals surface area contributed by atoms with Crippen molar-refractivity contribution in [3.63, 3.8) is 0 Å². The van der Waals surface area contributed by atoms with Crippen molar-refractivity contribution in [2.75, 3.05) is 18.9 Å². The second-order valence-corrected chi connectivity index (χ2v) is 7.97. The Labute approximate surface area is 136 Å². The lowest BCUT2D eigenvalue weighted by atomic mass is 10.3. The Morgan fingerprint density at radius 3 is 2.73 bits per heavy atom. The van der Waals surface area contributed by atoms with Crippen LogP contribution in [0, 0.1) is 5.82 Å². The highest BCUT2D eigenvalue weighted by Crippen LogP contribution is 2.22. The third kappa shape index (κ3) is 3.64. The number of halogens is 2. The molecule has 5 nitrogen and oxygen atoms in total. The van der Waals surface area contributed by atoms with E-state index in [-0.39, 0.29) is 14.9 Å². The van der Waals surface area contributed by atoms with Crippen molar-refractivity contribution in [2.45, 2.75) is 4.21 Å². The smallest absolute Gasteiger partial charge is 0.252 e. The van der Waals surface area contributed by atoms with Crippen molar-refractivity contribution >= 4 is 44.6 Å². The lowest BCUT2D eigenvalue weighted by molar-refractivity contribution is -0.116. The molecule has 0 saturated heterocycles. The Hall–Kier alpha value is -1.48. The van der Waals surface area contributed by atoms with Crippen LogP contribution >= 0.6 is 22.9 Å². The van der Waals surface area contributed by atoms with Gasteiger partial charge >= 0.3 is 0 Å². The number of amides is 1. The van der Waals surface area contributed by atoms with Gasteiger partial charge in [-0.15, -0.1) is 11.3 Å². The number of nitrogens with zero attached hydrogens (tertiary/aromatic N) is 1. The number of nitrogens with one attached hydrogen (secondary N) is 1. The molecule has 1 aromatic heterocycles. The summed E-state index contributed by atoms with van der Waals surface area (Å²) in [5.41, 5.74) is -0.0978. The van der Waals surface area contributed by atoms with Crippen molar-refractivity contribution < 1.29 is 17.6 Å². The highest BCUT2D eigenvalue weighted by atomic mass is 35.5. The Bertz CT molecular complexity index is 779. The minimum absolute atomic E-state index is 0.0978. The number of sulfonamides is 1. The van der Waals surface area contributed by atoms with Crippen LogP contribution in [0.2, 0.25) is 5.02 Å². The number of hydrogen-bond acceptors (Lipinski definition) is 4. The summed E-state index contributed by atoms with van der Waals surface area (Å²) in [6, 6.07) is 7.22. The molecule has 0 aliphatic heterocycles. The van der Waals surface area contributed by atoms with E-state index in [2.05, 4.69) is 5.32 Å². The molecule has 0 unspecified atom stereocenters. The minimum Gasteiger partial charge on any atom is -0.322 e. The molecule has 2 rings (SSSR count). The second kappa shape index (κ2) is 6.74. The van der Waals surface area contributed by atoms with Gasteiger partial charge in [-0.05, 0) is 23.6 Å². The van der Waals surface area contributed by atoms with Crippen LogP contribution in [0.15, 0.2) is 39.9 Å². The van der Waals surface area contributed by atoms with E-state index in [1.54, 1.807) is 11.4 Å². The molecule has 0 radical (unpaired) electrons. The van der Waals surface area contributed by atoms with E-state index >= 15 is 0 Å². The van der Waals surface area contributed by atoms with Crippen LogP contribution in [0.3, 0.4) is 0 Å². The molecule has 1 aromatic carbocycles. The summed E-state index contributed by atoms with van der Waals surface area (Å²) in [7, 11) is -2.45. The predicted octanol–water partition coefficient (Wildman–Crippen LogP) is 2.80. The average Bonchev–Trinajstić information content (AvgIpc) is 2.98. The van der Waals surface area contributed by atoms with Gasteiger partial charge in [0, 0.05) is 7.05 Å². The van der Waals surface area contributed by atoms with E-state index in [1.165, 1.54) is 31.3 Å². The number of carbonyl (C=O) groups excluding carboxylic acids is 1. The molecule has 0 spiro atoms. The molecule has 118 valence electrons. The molecule has 0 atom stereocenters. The largest absolute Gasteiger partial charge is 0.322 e. The molecule has 0 saturated carbocycles. The van der Waals surface area contributed by atoms with Crippen LogP contribution in [0.25, 0.3) is 0 Å². The predicted molar refractivity (Wildman–Crippen MR) is 84.2 cm³/mol. The molecule has 1 amide bonds. The van der Waals surface area contributed by atoms with Gasteiger partial charge in [0.2, 0.25) is 5.91 Å². The second-order valence-electron chi connectivity index (χ2n) is 4.34. The SMILES string of the molecule is CN(CC(=O)Nc1cccc(Cl)c1F)S(=O)(=O)c1cccs1. The Kier molecular flexibility index (Phi) is 5.17. The number of benzene rings is 1. The Morgan fingerprint density at radius 1 is 1.36 bits per heavy atom. The van der Waals surface area contributed by atoms with Crippen molar-refractivity contribution in [1.82, 2.24) is 4.31 Å². The van der Waals surface area contributed by atoms with Crippen molar-refractivity contribution in [3.05, 3.63) is 46.6 Å². The topological polar surface area (TPSA) is 66.5 Å². The molecule has 0 aliphatic carbocycles. The van der Waals surface area contributed by atoms with Gasteiger partial charge in [0.1, 0.15) is 4.21 Å². The van der Waals surface area contributed by atoms with Gasteiger partial charge in [-0.2, -0.15) is 4.31 Å². The normalized spacial score (nSPS) is 11.6. The fourth-order valence-corrected chi connectivity index (χ4v) is 4.14. The number of rotatable bonds is 5. The quantitative estimate of drug-likeness (QED) is 0.889. The Balaban J connectivity index is 2.08. The number of likely N-dealkylation sites (N-methyl/N-ethyl adjacent to an activating group) is 1. The molecule has 9 heteroatoms. The van der Waals surface area contributed by atoms with E-state index in [4.69, 9.17) is 11.6 Å². The molecule has 1 heterocycles. The maximum absolute atomic E-state index is 13.7. The Morgan fingerprint density at radius 2 is 2.09 bits per heavy atom. The third-order valence-corrected chi connectivity index (χ3v) is 6.22. The van der Waals surface area contributed by atoms with Gasteiger partial charge < -0.3 is 5.32 Å². The highest BCUT2D eigenvalue weighted by Gasteiger charge is 2.24. The van der Waals surface area contributed by atoms with Gasteiger partial charge in [0.15, 0.2) is 5.82 Å². The van der Waals surface area contributed by atoms with Crippen molar-refractivity contribution in [3.8, 4) is 0 Å². The first-order valence-electron chi connectivity index (χ1n) is 6.06. The van der Waals surface area contributed by atoms with Crippen LogP contribution in [0.1, 0.15) is 0 Å². The summed E-state index contributed by atoms with van der Waals surface area (Å²) in [4.78, 5) is 11.9. The number of anilines is 1. The minimum atomic E-state index is -3.73. The first kappa shape index (κ1) is 16.9. The zero-order valence-electron chi connectivity index (χ0n) is 11.4. The van der Waals surface area contributed by atoms with Gasteiger partial charge in [-0.25, -0.2) is 12.8 Å². The molecule has 2 aromatic rings. The van der Waals surface area contributed by atoms with Crippen LogP contribution < -0.4 is 5.32 Å². The molecular weight excluding hydrogens is 351 g/mol. The van der Waals surface area contributed by atoms with Crippen LogP contribution in [0.5, 0.6) is 0 Å². The summed E-state index contributed by atoms with van der Waals surface area (Å²) < 4.78 is 39.0. The summed E-state index contributed by atoms with van der Waals surface area (Å²) in [5.74, 6) is -1.43. The summed E-state index contributed by atoms with van der Waals surface area (Å²) >= 11 is 6.67. The molecule has 0 fully saturated rings.